The Labute approximate surface area is 192 Å². The molecule has 4 nitrogen and oxygen atoms in total. The van der Waals surface area contributed by atoms with Gasteiger partial charge in [-0.15, -0.1) is 0 Å². The summed E-state index contributed by atoms with van der Waals surface area (Å²) in [7, 11) is 1.65. The minimum atomic E-state index is -0.0137. The van der Waals surface area contributed by atoms with Crippen molar-refractivity contribution < 1.29 is 9.53 Å². The summed E-state index contributed by atoms with van der Waals surface area (Å²) in [5.74, 6) is 0.783. The number of amides is 1. The molecule has 0 bridgehead atoms. The largest absolute Gasteiger partial charge is 0.497 e. The van der Waals surface area contributed by atoms with E-state index in [4.69, 9.17) is 9.72 Å². The molecule has 0 atom stereocenters. The molecule has 1 N–H and O–H groups in total. The number of benzene rings is 4. The van der Waals surface area contributed by atoms with E-state index in [0.717, 1.165) is 49.8 Å². The number of fused-ring (bicyclic) bond motifs is 3. The number of methoxy groups -OCH3 is 1. The third-order valence-electron chi connectivity index (χ3n) is 5.86. The van der Waals surface area contributed by atoms with Crippen molar-refractivity contribution in [3.63, 3.8) is 0 Å². The fourth-order valence-electron chi connectivity index (χ4n) is 4.12. The first kappa shape index (κ1) is 20.7. The summed E-state index contributed by atoms with van der Waals surface area (Å²) in [6, 6.07) is 32.2. The van der Waals surface area contributed by atoms with Crippen molar-refractivity contribution in [2.75, 3.05) is 7.11 Å². The lowest BCUT2D eigenvalue weighted by atomic mass is 9.98. The fourth-order valence-corrected chi connectivity index (χ4v) is 4.12. The van der Waals surface area contributed by atoms with Crippen molar-refractivity contribution in [1.29, 1.82) is 0 Å². The second-order valence-electron chi connectivity index (χ2n) is 8.02. The summed E-state index contributed by atoms with van der Waals surface area (Å²) in [5.41, 5.74) is 4.77. The van der Waals surface area contributed by atoms with Crippen LogP contribution in [-0.2, 0) is 17.8 Å². The van der Waals surface area contributed by atoms with Crippen LogP contribution >= 0.6 is 0 Å². The molecule has 0 radical (unpaired) electrons. The molecule has 1 aromatic heterocycles. The van der Waals surface area contributed by atoms with Crippen LogP contribution in [-0.4, -0.2) is 18.0 Å². The molecule has 0 aliphatic carbocycles. The smallest absolute Gasteiger partial charge is 0.224 e. The number of nitrogens with one attached hydrogen (secondary N) is 1. The molecule has 4 heteroatoms. The van der Waals surface area contributed by atoms with Gasteiger partial charge in [-0.3, -0.25) is 4.79 Å². The van der Waals surface area contributed by atoms with Crippen LogP contribution in [0.3, 0.4) is 0 Å². The molecule has 0 aliphatic heterocycles. The van der Waals surface area contributed by atoms with E-state index in [1.807, 2.05) is 72.8 Å². The molecule has 5 aromatic rings. The van der Waals surface area contributed by atoms with Gasteiger partial charge < -0.3 is 10.1 Å². The number of carbonyl (C=O) groups is 1. The van der Waals surface area contributed by atoms with E-state index in [1.54, 1.807) is 7.11 Å². The van der Waals surface area contributed by atoms with E-state index < -0.39 is 0 Å². The molecule has 1 heterocycles. The lowest BCUT2D eigenvalue weighted by Gasteiger charge is -2.13. The minimum Gasteiger partial charge on any atom is -0.497 e. The molecule has 1 amide bonds. The predicted octanol–water partition coefficient (Wildman–Crippen LogP) is 5.92. The van der Waals surface area contributed by atoms with Crippen LogP contribution in [0, 0.1) is 0 Å². The van der Waals surface area contributed by atoms with Crippen molar-refractivity contribution in [3.8, 4) is 17.0 Å². The zero-order valence-corrected chi connectivity index (χ0v) is 18.4. The van der Waals surface area contributed by atoms with Gasteiger partial charge in [0, 0.05) is 22.9 Å². The lowest BCUT2D eigenvalue weighted by Crippen LogP contribution is -2.24. The van der Waals surface area contributed by atoms with Crippen molar-refractivity contribution in [3.05, 3.63) is 108 Å². The first-order chi connectivity index (χ1) is 16.2. The van der Waals surface area contributed by atoms with Crippen molar-refractivity contribution in [2.45, 2.75) is 13.0 Å². The number of rotatable bonds is 6. The van der Waals surface area contributed by atoms with Crippen LogP contribution < -0.4 is 10.1 Å². The molecule has 0 unspecified atom stereocenters. The Morgan fingerprint density at radius 2 is 1.61 bits per heavy atom. The van der Waals surface area contributed by atoms with Crippen LogP contribution in [0.5, 0.6) is 5.75 Å². The highest BCUT2D eigenvalue weighted by Gasteiger charge is 2.13. The molecule has 33 heavy (non-hydrogen) atoms. The van der Waals surface area contributed by atoms with Gasteiger partial charge in [0.2, 0.25) is 5.91 Å². The SMILES string of the molecule is COc1ccc(-c2cc(CC(=O)NCc3ccccc3)c3ccc4ccccc4c3n2)cc1. The maximum Gasteiger partial charge on any atom is 0.224 e. The summed E-state index contributed by atoms with van der Waals surface area (Å²) >= 11 is 0. The van der Waals surface area contributed by atoms with Crippen molar-refractivity contribution in [2.24, 2.45) is 0 Å². The first-order valence-electron chi connectivity index (χ1n) is 11.0. The van der Waals surface area contributed by atoms with E-state index in [1.165, 1.54) is 0 Å². The van der Waals surface area contributed by atoms with Crippen LogP contribution in [0.2, 0.25) is 0 Å². The highest BCUT2D eigenvalue weighted by Crippen LogP contribution is 2.31. The number of hydrogen-bond acceptors (Lipinski definition) is 3. The maximum atomic E-state index is 12.9. The average molecular weight is 433 g/mol. The Balaban J connectivity index is 1.55. The van der Waals surface area contributed by atoms with Crippen LogP contribution in [0.1, 0.15) is 11.1 Å². The second kappa shape index (κ2) is 9.13. The fraction of sp³-hybridized carbons (Fsp3) is 0.103. The summed E-state index contributed by atoms with van der Waals surface area (Å²) in [6.45, 7) is 0.511. The standard InChI is InChI=1S/C29H24N2O2/c1-33-24-14-11-22(12-15-24)27-17-23(18-28(32)30-19-20-7-3-2-4-8-20)26-16-13-21-9-5-6-10-25(21)29(26)31-27/h2-17H,18-19H2,1H3,(H,30,32). The van der Waals surface area contributed by atoms with E-state index in [2.05, 4.69) is 29.6 Å². The Morgan fingerprint density at radius 3 is 2.39 bits per heavy atom. The monoisotopic (exact) mass is 432 g/mol. The minimum absolute atomic E-state index is 0.0137. The zero-order valence-electron chi connectivity index (χ0n) is 18.4. The van der Waals surface area contributed by atoms with Crippen molar-refractivity contribution in [1.82, 2.24) is 10.3 Å². The molecule has 0 spiro atoms. The number of pyridine rings is 1. The van der Waals surface area contributed by atoms with E-state index in [9.17, 15) is 4.79 Å². The van der Waals surface area contributed by atoms with Crippen molar-refractivity contribution >= 4 is 27.6 Å². The average Bonchev–Trinajstić information content (AvgIpc) is 2.88. The number of hydrogen-bond donors (Lipinski definition) is 1. The van der Waals surface area contributed by atoms with Gasteiger partial charge in [0.25, 0.3) is 0 Å². The molecule has 0 saturated heterocycles. The summed E-state index contributed by atoms with van der Waals surface area (Å²) < 4.78 is 5.30. The molecule has 0 fully saturated rings. The Kier molecular flexibility index (Phi) is 5.73. The Morgan fingerprint density at radius 1 is 0.848 bits per heavy atom. The molecular formula is C29H24N2O2. The van der Waals surface area contributed by atoms with E-state index in [-0.39, 0.29) is 12.3 Å². The van der Waals surface area contributed by atoms with E-state index >= 15 is 0 Å². The summed E-state index contributed by atoms with van der Waals surface area (Å²) in [6.07, 6.45) is 0.285. The molecule has 4 aromatic carbocycles. The van der Waals surface area contributed by atoms with Crippen LogP contribution in [0.25, 0.3) is 32.9 Å². The van der Waals surface area contributed by atoms with Gasteiger partial charge in [-0.25, -0.2) is 4.98 Å². The Bertz CT molecular complexity index is 1430. The topological polar surface area (TPSA) is 51.2 Å². The molecule has 0 saturated carbocycles. The molecular weight excluding hydrogens is 408 g/mol. The highest BCUT2D eigenvalue weighted by molar-refractivity contribution is 6.07. The van der Waals surface area contributed by atoms with E-state index in [0.29, 0.717) is 6.54 Å². The maximum absolute atomic E-state index is 12.9. The Hall–Kier alpha value is -4.18. The number of aromatic nitrogens is 1. The summed E-state index contributed by atoms with van der Waals surface area (Å²) in [5, 5.41) is 6.26. The summed E-state index contributed by atoms with van der Waals surface area (Å²) in [4.78, 5) is 17.9. The second-order valence-corrected chi connectivity index (χ2v) is 8.02. The molecule has 5 rings (SSSR count). The number of carbonyl (C=O) groups excluding carboxylic acids is 1. The zero-order chi connectivity index (χ0) is 22.6. The third-order valence-corrected chi connectivity index (χ3v) is 5.86. The number of nitrogens with zero attached hydrogens (tertiary/aromatic N) is 1. The van der Waals surface area contributed by atoms with Crippen LogP contribution in [0.4, 0.5) is 0 Å². The predicted molar refractivity (Wildman–Crippen MR) is 133 cm³/mol. The number of ether oxygens (including phenoxy) is 1. The van der Waals surface area contributed by atoms with Gasteiger partial charge in [-0.1, -0.05) is 66.7 Å². The molecule has 0 aliphatic rings. The first-order valence-corrected chi connectivity index (χ1v) is 11.0. The van der Waals surface area contributed by atoms with Gasteiger partial charge in [0.15, 0.2) is 0 Å². The quantitative estimate of drug-likeness (QED) is 0.339. The van der Waals surface area contributed by atoms with Gasteiger partial charge in [0.05, 0.1) is 24.7 Å². The van der Waals surface area contributed by atoms with Gasteiger partial charge in [-0.2, -0.15) is 0 Å². The van der Waals surface area contributed by atoms with Gasteiger partial charge in [-0.05, 0) is 46.8 Å². The normalized spacial score (nSPS) is 10.9. The van der Waals surface area contributed by atoms with Gasteiger partial charge in [0.1, 0.15) is 5.75 Å². The van der Waals surface area contributed by atoms with Crippen LogP contribution in [0.15, 0.2) is 97.1 Å². The highest BCUT2D eigenvalue weighted by atomic mass is 16.5. The van der Waals surface area contributed by atoms with Gasteiger partial charge >= 0.3 is 0 Å². The molecule has 162 valence electrons. The lowest BCUT2D eigenvalue weighted by molar-refractivity contribution is -0.120. The third kappa shape index (κ3) is 4.41.